The van der Waals surface area contributed by atoms with E-state index in [1.54, 1.807) is 0 Å². The molecule has 0 spiro atoms. The minimum atomic E-state index is -4.80. The van der Waals surface area contributed by atoms with Crippen LogP contribution in [0.3, 0.4) is 0 Å². The predicted molar refractivity (Wildman–Crippen MR) is 23.1 cm³/mol. The van der Waals surface area contributed by atoms with E-state index in [-0.39, 0.29) is 37.7 Å². The van der Waals surface area contributed by atoms with Crippen molar-refractivity contribution in [1.29, 1.82) is 0 Å². The second kappa shape index (κ2) is 4.16. The summed E-state index contributed by atoms with van der Waals surface area (Å²) in [5, 5.41) is 0. The molecule has 0 aliphatic rings. The molecule has 0 aromatic carbocycles. The summed E-state index contributed by atoms with van der Waals surface area (Å²) in [4.78, 5) is 22.4. The van der Waals surface area contributed by atoms with E-state index in [0.29, 0.717) is 0 Å². The summed E-state index contributed by atoms with van der Waals surface area (Å²) < 4.78 is 12.6. The Labute approximate surface area is 69.9 Å². The van der Waals surface area contributed by atoms with Crippen LogP contribution in [0.4, 0.5) is 4.53 Å². The van der Waals surface area contributed by atoms with Gasteiger partial charge in [-0.15, -0.1) is 0 Å². The van der Waals surface area contributed by atoms with Gasteiger partial charge in [-0.3, -0.25) is 0 Å². The monoisotopic (exact) mass is 156 g/mol. The standard InChI is InChI=1S/Ca.FH3O4Si.2H/c;1-5-6(2,3)4;;/h;2-4H;;. The molecule has 0 aromatic heterocycles. The summed E-state index contributed by atoms with van der Waals surface area (Å²) in [5.41, 5.74) is 0. The molecule has 0 unspecified atom stereocenters. The van der Waals surface area contributed by atoms with Crippen molar-refractivity contribution < 1.29 is 23.5 Å². The number of hydrogen-bond donors (Lipinski definition) is 3. The summed E-state index contributed by atoms with van der Waals surface area (Å²) in [5.74, 6) is 0. The number of rotatable bonds is 1. The molecule has 42 valence electrons. The Morgan fingerprint density at radius 1 is 1.29 bits per heavy atom. The average molecular weight is 156 g/mol. The third-order valence-electron chi connectivity index (χ3n) is 0.104. The fourth-order valence-electron chi connectivity index (χ4n) is 0. The zero-order valence-electron chi connectivity index (χ0n) is 2.63. The first-order valence-corrected chi connectivity index (χ1v) is 2.78. The summed E-state index contributed by atoms with van der Waals surface area (Å²) in [7, 11) is -4.80. The molecule has 0 bridgehead atoms. The number of hydrogen-bond acceptors (Lipinski definition) is 4. The van der Waals surface area contributed by atoms with Crippen molar-refractivity contribution in [2.45, 2.75) is 0 Å². The van der Waals surface area contributed by atoms with Crippen LogP contribution in [0.5, 0.6) is 0 Å². The quantitative estimate of drug-likeness (QED) is 0.364. The van der Waals surface area contributed by atoms with Crippen LogP contribution < -0.4 is 0 Å². The molecule has 0 rings (SSSR count). The molecule has 0 radical (unpaired) electrons. The van der Waals surface area contributed by atoms with Gasteiger partial charge in [0.25, 0.3) is 0 Å². The topological polar surface area (TPSA) is 69.9 Å². The van der Waals surface area contributed by atoms with Crippen LogP contribution >= 0.6 is 0 Å². The molecule has 0 aromatic rings. The molecule has 7 heteroatoms. The summed E-state index contributed by atoms with van der Waals surface area (Å²) in [6.45, 7) is 0. The molecule has 0 aliphatic carbocycles. The first-order chi connectivity index (χ1) is 2.56. The van der Waals surface area contributed by atoms with Crippen molar-refractivity contribution in [2.75, 3.05) is 0 Å². The fraction of sp³-hybridized carbons (Fsp3) is 0. The molecule has 0 amide bonds. The van der Waals surface area contributed by atoms with Crippen LogP contribution in [0.15, 0.2) is 0 Å². The van der Waals surface area contributed by atoms with Gasteiger partial charge in [-0.1, -0.05) is 4.53 Å². The zero-order valence-corrected chi connectivity index (χ0v) is 3.63. The molecule has 0 atom stereocenters. The van der Waals surface area contributed by atoms with Crippen LogP contribution in [-0.2, 0) is 4.63 Å². The Balaban J connectivity index is 0. The number of halogens is 1. The van der Waals surface area contributed by atoms with Gasteiger partial charge in [-0.2, -0.15) is 4.63 Å². The zero-order chi connectivity index (χ0) is 5.21. The Hall–Kier alpha value is 1.25. The van der Waals surface area contributed by atoms with Crippen molar-refractivity contribution in [2.24, 2.45) is 0 Å². The van der Waals surface area contributed by atoms with Crippen LogP contribution in [0.25, 0.3) is 0 Å². The second-order valence-corrected chi connectivity index (χ2v) is 1.95. The van der Waals surface area contributed by atoms with E-state index < -0.39 is 9.05 Å². The van der Waals surface area contributed by atoms with E-state index in [4.69, 9.17) is 14.4 Å². The molecule has 0 fully saturated rings. The molecular formula is H5CaFO4Si. The molecule has 0 aliphatic heterocycles. The van der Waals surface area contributed by atoms with Crippen LogP contribution in [0.2, 0.25) is 0 Å². The second-order valence-electron chi connectivity index (χ2n) is 0.651. The summed E-state index contributed by atoms with van der Waals surface area (Å²) >= 11 is 0. The van der Waals surface area contributed by atoms with Gasteiger partial charge in [0, 0.05) is 0 Å². The molecule has 0 saturated carbocycles. The Bertz CT molecular complexity index is 41.4. The van der Waals surface area contributed by atoms with Crippen molar-refractivity contribution in [1.82, 2.24) is 0 Å². The molecule has 3 N–H and O–H groups in total. The molecular weight excluding hydrogens is 151 g/mol. The normalized spacial score (nSPS) is 10.3. The van der Waals surface area contributed by atoms with Gasteiger partial charge in [-0.25, -0.2) is 0 Å². The maximum atomic E-state index is 10.3. The first-order valence-electron chi connectivity index (χ1n) is 1.03. The van der Waals surface area contributed by atoms with Gasteiger partial charge in [0.1, 0.15) is 0 Å². The molecule has 0 saturated heterocycles. The van der Waals surface area contributed by atoms with Crippen LogP contribution in [-0.4, -0.2) is 61.2 Å². The first kappa shape index (κ1) is 11.1. The third-order valence-corrected chi connectivity index (χ3v) is 0.311. The van der Waals surface area contributed by atoms with Crippen molar-refractivity contribution in [3.8, 4) is 0 Å². The van der Waals surface area contributed by atoms with Crippen LogP contribution in [0, 0.1) is 0 Å². The minimum absolute atomic E-state index is 0. The SMILES string of the molecule is O[Si](O)(O)OF.[CaH2]. The van der Waals surface area contributed by atoms with E-state index >= 15 is 0 Å². The Morgan fingerprint density at radius 3 is 1.43 bits per heavy atom. The average Bonchev–Trinajstić information content (AvgIpc) is 1.35. The van der Waals surface area contributed by atoms with Gasteiger partial charge in [0.15, 0.2) is 0 Å². The maximum absolute atomic E-state index is 10.3. The van der Waals surface area contributed by atoms with E-state index in [9.17, 15) is 4.53 Å². The van der Waals surface area contributed by atoms with Crippen molar-refractivity contribution in [3.05, 3.63) is 0 Å². The molecule has 7 heavy (non-hydrogen) atoms. The van der Waals surface area contributed by atoms with E-state index in [1.165, 1.54) is 0 Å². The summed E-state index contributed by atoms with van der Waals surface area (Å²) in [6, 6.07) is 0. The van der Waals surface area contributed by atoms with Crippen molar-refractivity contribution >= 4 is 46.8 Å². The van der Waals surface area contributed by atoms with Gasteiger partial charge in [0.2, 0.25) is 0 Å². The Kier molecular flexibility index (Phi) is 6.59. The van der Waals surface area contributed by atoms with Crippen LogP contribution in [0.1, 0.15) is 0 Å². The van der Waals surface area contributed by atoms with E-state index in [1.807, 2.05) is 0 Å². The van der Waals surface area contributed by atoms with E-state index in [2.05, 4.69) is 4.63 Å². The van der Waals surface area contributed by atoms with Gasteiger partial charge in [0.05, 0.1) is 0 Å². The van der Waals surface area contributed by atoms with E-state index in [0.717, 1.165) is 0 Å². The fourth-order valence-corrected chi connectivity index (χ4v) is 0. The molecule has 4 nitrogen and oxygen atoms in total. The third kappa shape index (κ3) is 11.1. The Morgan fingerprint density at radius 2 is 1.43 bits per heavy atom. The predicted octanol–water partition coefficient (Wildman–Crippen LogP) is -2.62. The van der Waals surface area contributed by atoms with Crippen molar-refractivity contribution in [3.63, 3.8) is 0 Å². The summed E-state index contributed by atoms with van der Waals surface area (Å²) in [6.07, 6.45) is 0. The van der Waals surface area contributed by atoms with Gasteiger partial charge < -0.3 is 14.4 Å². The van der Waals surface area contributed by atoms with Gasteiger partial charge in [-0.05, 0) is 0 Å². The molecule has 0 heterocycles. The van der Waals surface area contributed by atoms with Gasteiger partial charge >= 0.3 is 46.8 Å².